The van der Waals surface area contributed by atoms with E-state index in [0.29, 0.717) is 18.4 Å². The van der Waals surface area contributed by atoms with Crippen LogP contribution in [0.15, 0.2) is 54.1 Å². The maximum atomic E-state index is 15.4. The second-order valence-electron chi connectivity index (χ2n) is 20.5. The number of Topliss-reactive ketones (excluding diaryl/α,β-unsaturated/α-hetero) is 1. The number of ether oxygens (including phenoxy) is 8. The number of ketones is 1. The minimum Gasteiger partial charge on any atom is -0.462 e. The summed E-state index contributed by atoms with van der Waals surface area (Å²) in [5.41, 5.74) is 1.85. The highest BCUT2D eigenvalue weighted by atomic mass is 32.1. The first kappa shape index (κ1) is 48.1. The lowest BCUT2D eigenvalue weighted by molar-refractivity contribution is -0.314. The van der Waals surface area contributed by atoms with Gasteiger partial charge in [0.1, 0.15) is 24.4 Å². The highest BCUT2D eigenvalue weighted by Crippen LogP contribution is 2.58. The monoisotopic (exact) mass is 931 g/mol. The van der Waals surface area contributed by atoms with Gasteiger partial charge in [0, 0.05) is 60.7 Å². The highest BCUT2D eigenvalue weighted by molar-refractivity contribution is 7.26. The summed E-state index contributed by atoms with van der Waals surface area (Å²) in [4.78, 5) is 31.9. The van der Waals surface area contributed by atoms with Crippen molar-refractivity contribution in [3.05, 3.63) is 54.1 Å². The van der Waals surface area contributed by atoms with Gasteiger partial charge in [-0.15, -0.1) is 11.3 Å². The number of thiophene rings is 1. The third kappa shape index (κ3) is 9.39. The summed E-state index contributed by atoms with van der Waals surface area (Å²) in [5.74, 6) is -0.345. The number of nitrogens with zero attached hydrogens (tertiary/aromatic N) is 1. The van der Waals surface area contributed by atoms with Crippen LogP contribution in [-0.2, 0) is 47.5 Å². The Labute approximate surface area is 395 Å². The molecule has 3 saturated heterocycles. The fraction of sp³-hybridized carbons (Fsp3) is 0.698. The molecule has 1 N–H and O–H groups in total. The summed E-state index contributed by atoms with van der Waals surface area (Å²) in [5, 5.41) is 6.60. The van der Waals surface area contributed by atoms with Gasteiger partial charge in [-0.3, -0.25) is 9.59 Å². The minimum absolute atomic E-state index is 0.0112. The molecule has 3 aliphatic heterocycles. The van der Waals surface area contributed by atoms with E-state index in [9.17, 15) is 4.79 Å². The third-order valence-corrected chi connectivity index (χ3v) is 17.7. The number of nitrogens with one attached hydrogen (secondary N) is 1. The molecule has 2 aromatic carbocycles. The standard InChI is InChI=1S/C53H74N2O10S/c1-10-32-15-13-19-43(65-46-22-21-42(55(5)6)29(3)61-46)28(2)48(57)39-26-37-36-25-33(64-53-51(60-9)50(59-8)49(58-7)30(4)62-53)23-31(36)24-41(47(37)38(39)27-45(56)63-32)54-40-18-14-17-35-34-16-11-12-20-44(34)66-52(35)40/h11-12,14,16-18,20,26,28-33,36-38,41-43,46-47,49-51,53-54H,10,13,15,19,21-25,27H2,1-9H3/t28-,29?,30?,31+,32+,33-,36-,37+,38-,41+,42+,43+,46+,47-,49+,50?,51?,53+/m1/s1. The number of anilines is 1. The summed E-state index contributed by atoms with van der Waals surface area (Å²) in [7, 11) is 9.22. The van der Waals surface area contributed by atoms with Crippen molar-refractivity contribution in [3.8, 4) is 0 Å². The second kappa shape index (κ2) is 20.5. The molecular formula is C53H74N2O10S. The molecule has 3 aromatic rings. The maximum absolute atomic E-state index is 15.4. The van der Waals surface area contributed by atoms with Crippen LogP contribution in [0.2, 0.25) is 0 Å². The van der Waals surface area contributed by atoms with Crippen molar-refractivity contribution in [1.29, 1.82) is 0 Å². The first-order valence-corrected chi connectivity index (χ1v) is 25.7. The van der Waals surface area contributed by atoms with Gasteiger partial charge in [0.25, 0.3) is 0 Å². The zero-order valence-electron chi connectivity index (χ0n) is 40.5. The fourth-order valence-electron chi connectivity index (χ4n) is 13.2. The smallest absolute Gasteiger partial charge is 0.306 e. The Morgan fingerprint density at radius 3 is 2.33 bits per heavy atom. The molecular weight excluding hydrogens is 857 g/mol. The van der Waals surface area contributed by atoms with Crippen molar-refractivity contribution in [3.63, 3.8) is 0 Å². The average molecular weight is 931 g/mol. The van der Waals surface area contributed by atoms with Crippen molar-refractivity contribution >= 4 is 48.9 Å². The number of allylic oxidation sites excluding steroid dienone is 2. The topological polar surface area (TPSA) is 123 Å². The molecule has 2 saturated carbocycles. The predicted molar refractivity (Wildman–Crippen MR) is 256 cm³/mol. The van der Waals surface area contributed by atoms with E-state index >= 15 is 4.79 Å². The highest BCUT2D eigenvalue weighted by Gasteiger charge is 2.57. The molecule has 0 spiro atoms. The van der Waals surface area contributed by atoms with Crippen molar-refractivity contribution in [2.75, 3.05) is 40.7 Å². The number of cyclic esters (lactones) is 1. The number of methoxy groups -OCH3 is 3. The number of hydrogen-bond acceptors (Lipinski definition) is 13. The number of fused-ring (bicyclic) bond motifs is 8. The van der Waals surface area contributed by atoms with Crippen LogP contribution in [-0.4, -0.2) is 126 Å². The lowest BCUT2D eigenvalue weighted by Crippen LogP contribution is -2.59. The molecule has 6 aliphatic rings. The molecule has 0 amide bonds. The summed E-state index contributed by atoms with van der Waals surface area (Å²) in [6, 6.07) is 15.4. The van der Waals surface area contributed by atoms with Gasteiger partial charge in [-0.2, -0.15) is 0 Å². The predicted octanol–water partition coefficient (Wildman–Crippen LogP) is 9.17. The number of rotatable bonds is 11. The first-order chi connectivity index (χ1) is 31.9. The molecule has 18 atom stereocenters. The lowest BCUT2D eigenvalue weighted by atomic mass is 9.63. The van der Waals surface area contributed by atoms with Gasteiger partial charge in [-0.1, -0.05) is 50.3 Å². The zero-order chi connectivity index (χ0) is 46.4. The van der Waals surface area contributed by atoms with E-state index in [2.05, 4.69) is 86.7 Å². The minimum atomic E-state index is -0.635. The Balaban J connectivity index is 1.06. The van der Waals surface area contributed by atoms with Gasteiger partial charge in [0.2, 0.25) is 0 Å². The maximum Gasteiger partial charge on any atom is 0.306 e. The van der Waals surface area contributed by atoms with Crippen LogP contribution in [0, 0.1) is 35.5 Å². The molecule has 5 fully saturated rings. The van der Waals surface area contributed by atoms with E-state index in [1.165, 1.54) is 20.2 Å². The summed E-state index contributed by atoms with van der Waals surface area (Å²) < 4.78 is 53.4. The third-order valence-electron chi connectivity index (χ3n) is 16.5. The zero-order valence-corrected chi connectivity index (χ0v) is 41.3. The number of carbonyl (C=O) groups excluding carboxylic acids is 2. The Bertz CT molecular complexity index is 2200. The van der Waals surface area contributed by atoms with Gasteiger partial charge in [-0.25, -0.2) is 0 Å². The Kier molecular flexibility index (Phi) is 15.0. The SMILES string of the molecule is CC[C@H]1CCC[C@H](O[C@H]2CC[C@H](N(C)C)C(C)O2)[C@@H](C)C(=O)C2=C[C@H]3[C@@H]4C[C@H](O[C@@H]5OC(C)[C@H](OC)C(OC)C5OC)C[C@H]4C[C@H](Nc4cccc5c4sc4ccccc45)[C@H]3[C@@H]2CC(=O)O1. The van der Waals surface area contributed by atoms with Gasteiger partial charge in [-0.05, 0) is 127 Å². The average Bonchev–Trinajstić information content (AvgIpc) is 4.01. The van der Waals surface area contributed by atoms with Crippen LogP contribution in [0.5, 0.6) is 0 Å². The second-order valence-corrected chi connectivity index (χ2v) is 21.5. The molecule has 4 unspecified atom stereocenters. The van der Waals surface area contributed by atoms with E-state index in [1.807, 2.05) is 25.2 Å². The number of likely N-dealkylation sites (N-methyl/N-ethyl adjacent to an activating group) is 1. The molecule has 0 bridgehead atoms. The van der Waals surface area contributed by atoms with E-state index in [1.54, 1.807) is 21.3 Å². The fourth-order valence-corrected chi connectivity index (χ4v) is 14.4. The van der Waals surface area contributed by atoms with Gasteiger partial charge < -0.3 is 48.1 Å². The van der Waals surface area contributed by atoms with Crippen LogP contribution < -0.4 is 5.32 Å². The number of carbonyl (C=O) groups is 2. The van der Waals surface area contributed by atoms with Gasteiger partial charge in [0.15, 0.2) is 18.4 Å². The van der Waals surface area contributed by atoms with Crippen LogP contribution >= 0.6 is 11.3 Å². The molecule has 0 radical (unpaired) electrons. The molecule has 3 aliphatic carbocycles. The number of hydrogen-bond donors (Lipinski definition) is 1. The summed E-state index contributed by atoms with van der Waals surface area (Å²) >= 11 is 1.81. The van der Waals surface area contributed by atoms with E-state index in [4.69, 9.17) is 37.9 Å². The van der Waals surface area contributed by atoms with E-state index in [0.717, 1.165) is 62.6 Å². The Morgan fingerprint density at radius 2 is 1.59 bits per heavy atom. The molecule has 66 heavy (non-hydrogen) atoms. The summed E-state index contributed by atoms with van der Waals surface area (Å²) in [6.45, 7) is 8.25. The lowest BCUT2D eigenvalue weighted by Gasteiger charge is -2.45. The van der Waals surface area contributed by atoms with E-state index in [-0.39, 0.29) is 96.9 Å². The largest absolute Gasteiger partial charge is 0.462 e. The number of benzene rings is 2. The molecule has 4 heterocycles. The van der Waals surface area contributed by atoms with Crippen molar-refractivity contribution in [1.82, 2.24) is 4.90 Å². The van der Waals surface area contributed by atoms with Crippen molar-refractivity contribution in [2.45, 2.75) is 165 Å². The first-order valence-electron chi connectivity index (χ1n) is 24.9. The normalized spacial score (nSPS) is 40.0. The Morgan fingerprint density at radius 1 is 0.818 bits per heavy atom. The van der Waals surface area contributed by atoms with Crippen molar-refractivity contribution < 1.29 is 47.5 Å². The Hall–Kier alpha value is -2.98. The quantitative estimate of drug-likeness (QED) is 0.185. The van der Waals surface area contributed by atoms with Crippen molar-refractivity contribution in [2.24, 2.45) is 35.5 Å². The molecule has 1 aromatic heterocycles. The molecule has 9 rings (SSSR count). The van der Waals surface area contributed by atoms with Gasteiger partial charge >= 0.3 is 5.97 Å². The van der Waals surface area contributed by atoms with E-state index < -0.39 is 18.3 Å². The van der Waals surface area contributed by atoms with Crippen LogP contribution in [0.25, 0.3) is 20.2 Å². The molecule has 12 nitrogen and oxygen atoms in total. The summed E-state index contributed by atoms with van der Waals surface area (Å²) in [6.07, 6.45) is 6.62. The van der Waals surface area contributed by atoms with Crippen LogP contribution in [0.3, 0.4) is 0 Å². The molecule has 13 heteroatoms. The van der Waals surface area contributed by atoms with Crippen LogP contribution in [0.1, 0.15) is 91.9 Å². The number of esters is 1. The van der Waals surface area contributed by atoms with Crippen LogP contribution in [0.4, 0.5) is 5.69 Å². The molecule has 362 valence electrons. The van der Waals surface area contributed by atoms with Gasteiger partial charge in [0.05, 0.1) is 41.2 Å².